The van der Waals surface area contributed by atoms with Gasteiger partial charge in [0.1, 0.15) is 11.2 Å². The summed E-state index contributed by atoms with van der Waals surface area (Å²) in [7, 11) is 0. The summed E-state index contributed by atoms with van der Waals surface area (Å²) in [6.07, 6.45) is 4.06. The summed E-state index contributed by atoms with van der Waals surface area (Å²) < 4.78 is 9.60. The van der Waals surface area contributed by atoms with E-state index in [2.05, 4.69) is 20.8 Å². The Morgan fingerprint density at radius 2 is 0.815 bits per heavy atom. The molecule has 0 aliphatic rings. The fourth-order valence-electron chi connectivity index (χ4n) is 1.73. The zero-order chi connectivity index (χ0) is 23.3. The lowest BCUT2D eigenvalue weighted by Gasteiger charge is -2.17. The molecule has 4 nitrogen and oxygen atoms in total. The Bertz CT molecular complexity index is 274. The Balaban J connectivity index is -0.0000000819. The normalized spacial score (nSPS) is 9.63. The number of ether oxygens (including phenoxy) is 2. The maximum atomic E-state index is 10.2. The van der Waals surface area contributed by atoms with Gasteiger partial charge >= 0.3 is 11.9 Å². The van der Waals surface area contributed by atoms with E-state index >= 15 is 0 Å². The molecule has 0 N–H and O–H groups in total. The molecule has 27 heavy (non-hydrogen) atoms. The summed E-state index contributed by atoms with van der Waals surface area (Å²) in [6, 6.07) is 0. The molecule has 0 unspecified atom stereocenters. The first-order valence-electron chi connectivity index (χ1n) is 10.6. The lowest BCUT2D eigenvalue weighted by molar-refractivity contribution is -0.153. The highest BCUT2D eigenvalue weighted by Crippen LogP contribution is 2.10. The number of carbonyl (C=O) groups excluding carboxylic acids is 2. The number of hydrogen-bond acceptors (Lipinski definition) is 4. The zero-order valence-electron chi connectivity index (χ0n) is 21.3. The summed E-state index contributed by atoms with van der Waals surface area (Å²) in [5.74, 6) is 0.537. The van der Waals surface area contributed by atoms with Crippen LogP contribution in [0.1, 0.15) is 123 Å². The monoisotopic (exact) mass is 392 g/mol. The van der Waals surface area contributed by atoms with Gasteiger partial charge in [-0.15, -0.1) is 0 Å². The van der Waals surface area contributed by atoms with Gasteiger partial charge in [0.2, 0.25) is 0 Å². The molecule has 0 aromatic heterocycles. The van der Waals surface area contributed by atoms with Gasteiger partial charge < -0.3 is 9.47 Å². The standard InChI is InChI=1S/C7H16.2C6H12O2.2C2H6/c1-4-7(5-2)6-3;2*1-5(7)8-6(2,3)4;2*1-2/h7H,4-6H2,1-3H3;2*1-4H3;2*1-2H3. The largest absolute Gasteiger partial charge is 0.460 e. The molecule has 0 aromatic carbocycles. The van der Waals surface area contributed by atoms with Crippen LogP contribution in [0.4, 0.5) is 0 Å². The molecule has 0 rings (SSSR count). The maximum absolute atomic E-state index is 10.2. The Kier molecular flexibility index (Phi) is 31.3. The summed E-state index contributed by atoms with van der Waals surface area (Å²) in [5, 5.41) is 0. The van der Waals surface area contributed by atoms with Crippen molar-refractivity contribution in [3.8, 4) is 0 Å². The van der Waals surface area contributed by atoms with Gasteiger partial charge in [-0.2, -0.15) is 0 Å². The predicted octanol–water partition coefficient (Wildman–Crippen LogP) is 7.58. The highest BCUT2D eigenvalue weighted by atomic mass is 16.6. The first-order chi connectivity index (χ1) is 12.2. The first kappa shape index (κ1) is 36.8. The summed E-state index contributed by atoms with van der Waals surface area (Å²) in [6.45, 7) is 28.7. The van der Waals surface area contributed by atoms with Gasteiger partial charge in [0.25, 0.3) is 0 Å². The summed E-state index contributed by atoms with van der Waals surface area (Å²) >= 11 is 0. The van der Waals surface area contributed by atoms with E-state index in [1.807, 2.05) is 69.2 Å². The van der Waals surface area contributed by atoms with E-state index < -0.39 is 0 Å². The minimum absolute atomic E-state index is 0.225. The van der Waals surface area contributed by atoms with E-state index in [0.717, 1.165) is 5.92 Å². The predicted molar refractivity (Wildman–Crippen MR) is 120 cm³/mol. The molecule has 0 saturated heterocycles. The molecule has 0 spiro atoms. The van der Waals surface area contributed by atoms with Crippen LogP contribution in [-0.2, 0) is 19.1 Å². The first-order valence-corrected chi connectivity index (χ1v) is 10.6. The Morgan fingerprint density at radius 1 is 0.630 bits per heavy atom. The molecule has 0 bridgehead atoms. The van der Waals surface area contributed by atoms with E-state index in [9.17, 15) is 9.59 Å². The maximum Gasteiger partial charge on any atom is 0.303 e. The number of rotatable bonds is 3. The van der Waals surface area contributed by atoms with Crippen molar-refractivity contribution in [3.05, 3.63) is 0 Å². The second-order valence-corrected chi connectivity index (χ2v) is 7.50. The molecule has 0 atom stereocenters. The topological polar surface area (TPSA) is 52.6 Å². The van der Waals surface area contributed by atoms with Gasteiger partial charge in [-0.05, 0) is 47.5 Å². The molecular weight excluding hydrogens is 340 g/mol. The van der Waals surface area contributed by atoms with Crippen LogP contribution in [0.3, 0.4) is 0 Å². The van der Waals surface area contributed by atoms with Crippen LogP contribution < -0.4 is 0 Å². The molecule has 0 fully saturated rings. The lowest BCUT2D eigenvalue weighted by Crippen LogP contribution is -2.21. The Morgan fingerprint density at radius 3 is 0.815 bits per heavy atom. The van der Waals surface area contributed by atoms with E-state index in [0.29, 0.717) is 0 Å². The van der Waals surface area contributed by atoms with Crippen LogP contribution in [0.15, 0.2) is 0 Å². The fourth-order valence-corrected chi connectivity index (χ4v) is 1.73. The van der Waals surface area contributed by atoms with Crippen LogP contribution in [0, 0.1) is 5.92 Å². The average molecular weight is 393 g/mol. The molecule has 0 saturated carbocycles. The molecule has 0 heterocycles. The SMILES string of the molecule is CC.CC.CC(=O)OC(C)(C)C.CC(=O)OC(C)(C)C.CCC(CC)CC. The molecule has 4 heteroatoms. The van der Waals surface area contributed by atoms with Gasteiger partial charge in [-0.1, -0.05) is 67.7 Å². The highest BCUT2D eigenvalue weighted by Gasteiger charge is 2.12. The quantitative estimate of drug-likeness (QED) is 0.464. The van der Waals surface area contributed by atoms with Gasteiger partial charge in [-0.3, -0.25) is 9.59 Å². The van der Waals surface area contributed by atoms with Crippen molar-refractivity contribution in [1.29, 1.82) is 0 Å². The van der Waals surface area contributed by atoms with Crippen LogP contribution in [-0.4, -0.2) is 23.1 Å². The number of esters is 2. The second kappa shape index (κ2) is 23.0. The molecule has 0 aliphatic carbocycles. The van der Waals surface area contributed by atoms with Crippen molar-refractivity contribution in [2.24, 2.45) is 5.92 Å². The zero-order valence-corrected chi connectivity index (χ0v) is 21.3. The number of hydrogen-bond donors (Lipinski definition) is 0. The van der Waals surface area contributed by atoms with E-state index in [-0.39, 0.29) is 23.1 Å². The third-order valence-electron chi connectivity index (χ3n) is 2.63. The molecule has 0 aromatic rings. The molecule has 0 amide bonds. The molecular formula is C23H52O4. The molecule has 0 aliphatic heterocycles. The van der Waals surface area contributed by atoms with Crippen molar-refractivity contribution in [3.63, 3.8) is 0 Å². The van der Waals surface area contributed by atoms with Crippen molar-refractivity contribution < 1.29 is 19.1 Å². The van der Waals surface area contributed by atoms with E-state index in [1.165, 1.54) is 33.1 Å². The molecule has 0 radical (unpaired) electrons. The van der Waals surface area contributed by atoms with Gasteiger partial charge in [-0.25, -0.2) is 0 Å². The smallest absolute Gasteiger partial charge is 0.303 e. The third-order valence-corrected chi connectivity index (χ3v) is 2.63. The van der Waals surface area contributed by atoms with E-state index in [4.69, 9.17) is 9.47 Å². The lowest BCUT2D eigenvalue weighted by atomic mass is 10.0. The van der Waals surface area contributed by atoms with Gasteiger partial charge in [0.15, 0.2) is 0 Å². The van der Waals surface area contributed by atoms with Crippen molar-refractivity contribution in [2.45, 2.75) is 134 Å². The van der Waals surface area contributed by atoms with Crippen LogP contribution >= 0.6 is 0 Å². The van der Waals surface area contributed by atoms with Crippen LogP contribution in [0.2, 0.25) is 0 Å². The van der Waals surface area contributed by atoms with Crippen LogP contribution in [0.25, 0.3) is 0 Å². The molecule has 168 valence electrons. The van der Waals surface area contributed by atoms with E-state index in [1.54, 1.807) is 0 Å². The summed E-state index contributed by atoms with van der Waals surface area (Å²) in [4.78, 5) is 20.5. The summed E-state index contributed by atoms with van der Waals surface area (Å²) in [5.41, 5.74) is -0.655. The van der Waals surface area contributed by atoms with Crippen molar-refractivity contribution >= 4 is 11.9 Å². The second-order valence-electron chi connectivity index (χ2n) is 7.50. The fraction of sp³-hybridized carbons (Fsp3) is 0.913. The highest BCUT2D eigenvalue weighted by molar-refractivity contribution is 5.66. The average Bonchev–Trinajstić information content (AvgIpc) is 2.49. The van der Waals surface area contributed by atoms with Gasteiger partial charge in [0, 0.05) is 13.8 Å². The Labute approximate surface area is 171 Å². The minimum atomic E-state index is -0.328. The third kappa shape index (κ3) is 58.8. The van der Waals surface area contributed by atoms with Crippen molar-refractivity contribution in [1.82, 2.24) is 0 Å². The minimum Gasteiger partial charge on any atom is -0.460 e. The van der Waals surface area contributed by atoms with Gasteiger partial charge in [0.05, 0.1) is 0 Å². The Hall–Kier alpha value is -1.06. The number of carbonyl (C=O) groups is 2. The van der Waals surface area contributed by atoms with Crippen LogP contribution in [0.5, 0.6) is 0 Å². The van der Waals surface area contributed by atoms with Crippen molar-refractivity contribution in [2.75, 3.05) is 0 Å².